The molecule has 2 aliphatic rings. The number of rotatable bonds is 4. The quantitative estimate of drug-likeness (QED) is 0.741. The molecule has 0 saturated heterocycles. The molecule has 0 bridgehead atoms. The van der Waals surface area contributed by atoms with Crippen molar-refractivity contribution in [3.8, 4) is 5.75 Å². The molecule has 98 valence electrons. The van der Waals surface area contributed by atoms with Gasteiger partial charge in [0.2, 0.25) is 0 Å². The van der Waals surface area contributed by atoms with E-state index in [1.807, 2.05) is 6.92 Å². The number of hydrogen-bond donors (Lipinski definition) is 0. The van der Waals surface area contributed by atoms with Crippen LogP contribution in [-0.2, 0) is 0 Å². The smallest absolute Gasteiger partial charge is 0.119 e. The summed E-state index contributed by atoms with van der Waals surface area (Å²) in [6.45, 7) is 5.12. The highest BCUT2D eigenvalue weighted by atomic mass is 16.5. The van der Waals surface area contributed by atoms with Crippen molar-refractivity contribution in [2.24, 2.45) is 11.3 Å². The summed E-state index contributed by atoms with van der Waals surface area (Å²) < 4.78 is 5.49. The molecule has 18 heavy (non-hydrogen) atoms. The minimum Gasteiger partial charge on any atom is -0.494 e. The van der Waals surface area contributed by atoms with Gasteiger partial charge in [0.15, 0.2) is 0 Å². The van der Waals surface area contributed by atoms with Gasteiger partial charge < -0.3 is 4.74 Å². The van der Waals surface area contributed by atoms with E-state index < -0.39 is 0 Å². The second-order valence-corrected chi connectivity index (χ2v) is 6.29. The van der Waals surface area contributed by atoms with E-state index >= 15 is 0 Å². The first-order valence-electron chi connectivity index (χ1n) is 7.47. The van der Waals surface area contributed by atoms with Gasteiger partial charge in [-0.05, 0) is 67.6 Å². The summed E-state index contributed by atoms with van der Waals surface area (Å²) in [4.78, 5) is 0. The highest BCUT2D eigenvalue weighted by Gasteiger charge is 2.52. The Balaban J connectivity index is 1.55. The Labute approximate surface area is 111 Å². The average Bonchev–Trinajstić information content (AvgIpc) is 2.28. The van der Waals surface area contributed by atoms with Crippen molar-refractivity contribution in [1.29, 1.82) is 0 Å². The Bertz CT molecular complexity index is 392. The fourth-order valence-corrected chi connectivity index (χ4v) is 4.01. The highest BCUT2D eigenvalue weighted by Crippen LogP contribution is 2.64. The second-order valence-electron chi connectivity index (χ2n) is 6.29. The first kappa shape index (κ1) is 12.1. The number of ether oxygens (including phenoxy) is 1. The molecule has 0 aliphatic heterocycles. The van der Waals surface area contributed by atoms with Crippen LogP contribution in [0.4, 0.5) is 0 Å². The van der Waals surface area contributed by atoms with Crippen molar-refractivity contribution in [3.63, 3.8) is 0 Å². The largest absolute Gasteiger partial charge is 0.494 e. The summed E-state index contributed by atoms with van der Waals surface area (Å²) in [5.74, 6) is 2.86. The molecule has 0 amide bonds. The molecule has 1 aromatic carbocycles. The standard InChI is InChI=1S/C17H24O/c1-3-13-9-17(10-13)11-15(12-17)14-5-7-16(8-6-14)18-4-2/h5-8,13,15H,3-4,9-12H2,1-2H3. The zero-order valence-corrected chi connectivity index (χ0v) is 11.6. The van der Waals surface area contributed by atoms with Crippen molar-refractivity contribution in [2.75, 3.05) is 6.61 Å². The van der Waals surface area contributed by atoms with Gasteiger partial charge in [0.05, 0.1) is 6.61 Å². The van der Waals surface area contributed by atoms with Gasteiger partial charge in [0.25, 0.3) is 0 Å². The molecule has 2 aliphatic carbocycles. The van der Waals surface area contributed by atoms with Gasteiger partial charge in [-0.3, -0.25) is 0 Å². The van der Waals surface area contributed by atoms with E-state index in [1.165, 1.54) is 37.7 Å². The molecular weight excluding hydrogens is 220 g/mol. The molecule has 3 rings (SSSR count). The predicted octanol–water partition coefficient (Wildman–Crippen LogP) is 4.77. The molecule has 0 unspecified atom stereocenters. The molecular formula is C17H24O. The fourth-order valence-electron chi connectivity index (χ4n) is 4.01. The zero-order chi connectivity index (χ0) is 12.6. The van der Waals surface area contributed by atoms with Gasteiger partial charge >= 0.3 is 0 Å². The molecule has 2 saturated carbocycles. The second kappa shape index (κ2) is 4.60. The Morgan fingerprint density at radius 1 is 1.06 bits per heavy atom. The van der Waals surface area contributed by atoms with Crippen LogP contribution in [0.25, 0.3) is 0 Å². The van der Waals surface area contributed by atoms with Crippen LogP contribution in [-0.4, -0.2) is 6.61 Å². The van der Waals surface area contributed by atoms with Crippen molar-refractivity contribution >= 4 is 0 Å². The summed E-state index contributed by atoms with van der Waals surface area (Å²) in [5, 5.41) is 0. The molecule has 0 aromatic heterocycles. The Hall–Kier alpha value is -0.980. The van der Waals surface area contributed by atoms with Crippen LogP contribution in [0.3, 0.4) is 0 Å². The van der Waals surface area contributed by atoms with E-state index in [2.05, 4.69) is 31.2 Å². The molecule has 1 heteroatoms. The van der Waals surface area contributed by atoms with E-state index in [4.69, 9.17) is 4.74 Å². The lowest BCUT2D eigenvalue weighted by atomic mass is 9.47. The Kier molecular flexibility index (Phi) is 3.09. The fraction of sp³-hybridized carbons (Fsp3) is 0.647. The lowest BCUT2D eigenvalue weighted by molar-refractivity contribution is -0.0427. The van der Waals surface area contributed by atoms with Crippen molar-refractivity contribution in [1.82, 2.24) is 0 Å². The van der Waals surface area contributed by atoms with Gasteiger partial charge in [-0.25, -0.2) is 0 Å². The van der Waals surface area contributed by atoms with Crippen molar-refractivity contribution in [2.45, 2.75) is 51.9 Å². The van der Waals surface area contributed by atoms with Gasteiger partial charge in [-0.2, -0.15) is 0 Å². The molecule has 0 atom stereocenters. The van der Waals surface area contributed by atoms with E-state index in [9.17, 15) is 0 Å². The van der Waals surface area contributed by atoms with Crippen LogP contribution in [0.1, 0.15) is 57.4 Å². The lowest BCUT2D eigenvalue weighted by Crippen LogP contribution is -2.46. The number of hydrogen-bond acceptors (Lipinski definition) is 1. The third-order valence-electron chi connectivity index (χ3n) is 5.04. The molecule has 0 N–H and O–H groups in total. The topological polar surface area (TPSA) is 9.23 Å². The van der Waals surface area contributed by atoms with Crippen molar-refractivity contribution < 1.29 is 4.74 Å². The zero-order valence-electron chi connectivity index (χ0n) is 11.6. The predicted molar refractivity (Wildman–Crippen MR) is 75.0 cm³/mol. The van der Waals surface area contributed by atoms with Gasteiger partial charge in [0, 0.05) is 0 Å². The van der Waals surface area contributed by atoms with Gasteiger partial charge in [0.1, 0.15) is 5.75 Å². The SMILES string of the molecule is CCOc1ccc(C2CC3(CC(CC)C3)C2)cc1. The third kappa shape index (κ3) is 2.04. The first-order chi connectivity index (χ1) is 8.74. The average molecular weight is 244 g/mol. The van der Waals surface area contributed by atoms with Crippen LogP contribution in [0, 0.1) is 11.3 Å². The molecule has 1 spiro atoms. The van der Waals surface area contributed by atoms with E-state index in [0.29, 0.717) is 0 Å². The molecule has 1 nitrogen and oxygen atoms in total. The normalized spacial score (nSPS) is 33.9. The van der Waals surface area contributed by atoms with Gasteiger partial charge in [-0.15, -0.1) is 0 Å². The van der Waals surface area contributed by atoms with E-state index in [-0.39, 0.29) is 0 Å². The molecule has 2 fully saturated rings. The summed E-state index contributed by atoms with van der Waals surface area (Å²) in [7, 11) is 0. The van der Waals surface area contributed by atoms with Crippen LogP contribution in [0.5, 0.6) is 5.75 Å². The molecule has 0 radical (unpaired) electrons. The highest BCUT2D eigenvalue weighted by molar-refractivity contribution is 5.31. The van der Waals surface area contributed by atoms with Crippen LogP contribution < -0.4 is 4.74 Å². The third-order valence-corrected chi connectivity index (χ3v) is 5.04. The number of benzene rings is 1. The Morgan fingerprint density at radius 2 is 1.72 bits per heavy atom. The summed E-state index contributed by atoms with van der Waals surface area (Å²) in [6, 6.07) is 8.77. The maximum absolute atomic E-state index is 5.49. The summed E-state index contributed by atoms with van der Waals surface area (Å²) in [5.41, 5.74) is 2.27. The van der Waals surface area contributed by atoms with Crippen molar-refractivity contribution in [3.05, 3.63) is 29.8 Å². The maximum atomic E-state index is 5.49. The maximum Gasteiger partial charge on any atom is 0.119 e. The van der Waals surface area contributed by atoms with Crippen LogP contribution in [0.15, 0.2) is 24.3 Å². The minimum atomic E-state index is 0.754. The Morgan fingerprint density at radius 3 is 2.28 bits per heavy atom. The summed E-state index contributed by atoms with van der Waals surface area (Å²) >= 11 is 0. The van der Waals surface area contributed by atoms with E-state index in [0.717, 1.165) is 29.6 Å². The first-order valence-corrected chi connectivity index (χ1v) is 7.47. The minimum absolute atomic E-state index is 0.754. The van der Waals surface area contributed by atoms with Gasteiger partial charge in [-0.1, -0.05) is 25.5 Å². The summed E-state index contributed by atoms with van der Waals surface area (Å²) in [6.07, 6.45) is 7.23. The van der Waals surface area contributed by atoms with Crippen LogP contribution >= 0.6 is 0 Å². The lowest BCUT2D eigenvalue weighted by Gasteiger charge is -2.58. The molecule has 0 heterocycles. The monoisotopic (exact) mass is 244 g/mol. The van der Waals surface area contributed by atoms with E-state index in [1.54, 1.807) is 0 Å². The molecule has 1 aromatic rings. The van der Waals surface area contributed by atoms with Crippen LogP contribution in [0.2, 0.25) is 0 Å².